The van der Waals surface area contributed by atoms with Gasteiger partial charge in [0.25, 0.3) is 0 Å². The third-order valence-electron chi connectivity index (χ3n) is 3.39. The van der Waals surface area contributed by atoms with E-state index in [4.69, 9.17) is 15.2 Å². The molecule has 0 saturated carbocycles. The van der Waals surface area contributed by atoms with Crippen LogP contribution < -0.4 is 15.2 Å². The highest BCUT2D eigenvalue weighted by atomic mass is 16.5. The zero-order valence-corrected chi connectivity index (χ0v) is 12.0. The molecule has 0 aliphatic rings. The monoisotopic (exact) mass is 271 g/mol. The fraction of sp³-hybridized carbons (Fsp3) is 0.294. The molecule has 2 N–H and O–H groups in total. The van der Waals surface area contributed by atoms with Crippen LogP contribution in [0.2, 0.25) is 0 Å². The third kappa shape index (κ3) is 3.75. The Morgan fingerprint density at radius 1 is 0.950 bits per heavy atom. The van der Waals surface area contributed by atoms with Crippen LogP contribution in [0.15, 0.2) is 48.5 Å². The van der Waals surface area contributed by atoms with E-state index in [1.807, 2.05) is 24.3 Å². The normalized spacial score (nSPS) is 11.9. The molecule has 2 aromatic carbocycles. The minimum Gasteiger partial charge on any atom is -0.497 e. The molecule has 0 aliphatic heterocycles. The molecule has 0 aromatic heterocycles. The van der Waals surface area contributed by atoms with Crippen LogP contribution in [-0.2, 0) is 6.42 Å². The van der Waals surface area contributed by atoms with Crippen LogP contribution in [0.1, 0.15) is 23.6 Å². The van der Waals surface area contributed by atoms with Gasteiger partial charge in [0.1, 0.15) is 11.5 Å². The highest BCUT2D eigenvalue weighted by molar-refractivity contribution is 5.39. The van der Waals surface area contributed by atoms with Gasteiger partial charge in [-0.05, 0) is 36.1 Å². The third-order valence-corrected chi connectivity index (χ3v) is 3.39. The Bertz CT molecular complexity index is 518. The fourth-order valence-corrected chi connectivity index (χ4v) is 2.18. The summed E-state index contributed by atoms with van der Waals surface area (Å²) in [6.45, 7) is 0. The smallest absolute Gasteiger partial charge is 0.122 e. The molecule has 0 bridgehead atoms. The Balaban J connectivity index is 2.06. The summed E-state index contributed by atoms with van der Waals surface area (Å²) in [5.41, 5.74) is 8.62. The molecular formula is C17H21NO2. The van der Waals surface area contributed by atoms with Crippen molar-refractivity contribution in [2.24, 2.45) is 5.73 Å². The van der Waals surface area contributed by atoms with Crippen LogP contribution in [-0.4, -0.2) is 14.2 Å². The molecular weight excluding hydrogens is 250 g/mol. The largest absolute Gasteiger partial charge is 0.497 e. The van der Waals surface area contributed by atoms with E-state index in [9.17, 15) is 0 Å². The highest BCUT2D eigenvalue weighted by Gasteiger charge is 2.10. The predicted octanol–water partition coefficient (Wildman–Crippen LogP) is 3.34. The summed E-state index contributed by atoms with van der Waals surface area (Å²) in [4.78, 5) is 0. The first-order valence-corrected chi connectivity index (χ1v) is 6.75. The van der Waals surface area contributed by atoms with Crippen molar-refractivity contribution >= 4 is 0 Å². The van der Waals surface area contributed by atoms with Gasteiger partial charge in [-0.15, -0.1) is 0 Å². The molecule has 0 radical (unpaired) electrons. The molecule has 1 atom stereocenters. The molecule has 2 aromatic rings. The molecule has 0 aliphatic carbocycles. The fourth-order valence-electron chi connectivity index (χ4n) is 2.18. The molecule has 20 heavy (non-hydrogen) atoms. The van der Waals surface area contributed by atoms with Crippen LogP contribution in [0.4, 0.5) is 0 Å². The first-order chi connectivity index (χ1) is 9.72. The minimum atomic E-state index is -0.0285. The molecule has 2 rings (SSSR count). The van der Waals surface area contributed by atoms with Gasteiger partial charge in [-0.2, -0.15) is 0 Å². The van der Waals surface area contributed by atoms with Crippen LogP contribution in [0, 0.1) is 0 Å². The number of aryl methyl sites for hydroxylation is 1. The standard InChI is InChI=1S/C17H21NO2/c1-19-15-10-14(11-16(12-15)20-2)17(18)9-8-13-6-4-3-5-7-13/h3-7,10-12,17H,8-9,18H2,1-2H3. The molecule has 3 nitrogen and oxygen atoms in total. The van der Waals surface area contributed by atoms with Gasteiger partial charge in [-0.3, -0.25) is 0 Å². The van der Waals surface area contributed by atoms with Crippen molar-refractivity contribution in [2.45, 2.75) is 18.9 Å². The van der Waals surface area contributed by atoms with Crippen LogP contribution in [0.5, 0.6) is 11.5 Å². The van der Waals surface area contributed by atoms with Crippen molar-refractivity contribution < 1.29 is 9.47 Å². The summed E-state index contributed by atoms with van der Waals surface area (Å²) in [5, 5.41) is 0. The molecule has 3 heteroatoms. The van der Waals surface area contributed by atoms with Gasteiger partial charge in [0.15, 0.2) is 0 Å². The van der Waals surface area contributed by atoms with E-state index in [1.165, 1.54) is 5.56 Å². The average molecular weight is 271 g/mol. The van der Waals surface area contributed by atoms with Crippen molar-refractivity contribution in [1.82, 2.24) is 0 Å². The predicted molar refractivity (Wildman–Crippen MR) is 81.2 cm³/mol. The molecule has 106 valence electrons. The van der Waals surface area contributed by atoms with Crippen molar-refractivity contribution in [3.05, 3.63) is 59.7 Å². The lowest BCUT2D eigenvalue weighted by molar-refractivity contribution is 0.392. The SMILES string of the molecule is COc1cc(OC)cc(C(N)CCc2ccccc2)c1. The number of nitrogens with two attached hydrogens (primary N) is 1. The highest BCUT2D eigenvalue weighted by Crippen LogP contribution is 2.27. The molecule has 0 heterocycles. The van der Waals surface area contributed by atoms with E-state index < -0.39 is 0 Å². The summed E-state index contributed by atoms with van der Waals surface area (Å²) in [6, 6.07) is 16.1. The van der Waals surface area contributed by atoms with Gasteiger partial charge in [0.05, 0.1) is 14.2 Å². The topological polar surface area (TPSA) is 44.5 Å². The Hall–Kier alpha value is -2.00. The summed E-state index contributed by atoms with van der Waals surface area (Å²) < 4.78 is 10.5. The number of hydrogen-bond donors (Lipinski definition) is 1. The van der Waals surface area contributed by atoms with Crippen molar-refractivity contribution in [1.29, 1.82) is 0 Å². The first-order valence-electron chi connectivity index (χ1n) is 6.75. The van der Waals surface area contributed by atoms with Gasteiger partial charge in [0.2, 0.25) is 0 Å². The van der Waals surface area contributed by atoms with Crippen LogP contribution >= 0.6 is 0 Å². The van der Waals surface area contributed by atoms with E-state index in [1.54, 1.807) is 14.2 Å². The zero-order chi connectivity index (χ0) is 14.4. The number of ether oxygens (including phenoxy) is 2. The zero-order valence-electron chi connectivity index (χ0n) is 12.0. The quantitative estimate of drug-likeness (QED) is 0.876. The van der Waals surface area contributed by atoms with Gasteiger partial charge in [-0.25, -0.2) is 0 Å². The second-order valence-electron chi connectivity index (χ2n) is 4.78. The summed E-state index contributed by atoms with van der Waals surface area (Å²) in [5.74, 6) is 1.55. The molecule has 1 unspecified atom stereocenters. The number of hydrogen-bond acceptors (Lipinski definition) is 3. The Morgan fingerprint density at radius 2 is 1.55 bits per heavy atom. The van der Waals surface area contributed by atoms with Crippen LogP contribution in [0.25, 0.3) is 0 Å². The lowest BCUT2D eigenvalue weighted by Crippen LogP contribution is -2.11. The maximum Gasteiger partial charge on any atom is 0.122 e. The Labute approximate surface area is 120 Å². The minimum absolute atomic E-state index is 0.0285. The lowest BCUT2D eigenvalue weighted by atomic mass is 9.99. The van der Waals surface area contributed by atoms with Crippen molar-refractivity contribution in [2.75, 3.05) is 14.2 Å². The Kier molecular flexibility index (Phi) is 5.02. The van der Waals surface area contributed by atoms with Gasteiger partial charge < -0.3 is 15.2 Å². The van der Waals surface area contributed by atoms with Gasteiger partial charge >= 0.3 is 0 Å². The second-order valence-corrected chi connectivity index (χ2v) is 4.78. The van der Waals surface area contributed by atoms with E-state index in [2.05, 4.69) is 24.3 Å². The molecule has 0 fully saturated rings. The maximum atomic E-state index is 6.28. The van der Waals surface area contributed by atoms with Gasteiger partial charge in [0, 0.05) is 12.1 Å². The summed E-state index contributed by atoms with van der Waals surface area (Å²) in [6.07, 6.45) is 1.85. The van der Waals surface area contributed by atoms with Crippen molar-refractivity contribution in [3.63, 3.8) is 0 Å². The van der Waals surface area contributed by atoms with E-state index in [0.29, 0.717) is 0 Å². The maximum absolute atomic E-state index is 6.28. The van der Waals surface area contributed by atoms with Gasteiger partial charge in [-0.1, -0.05) is 30.3 Å². The number of benzene rings is 2. The lowest BCUT2D eigenvalue weighted by Gasteiger charge is -2.15. The van der Waals surface area contributed by atoms with E-state index >= 15 is 0 Å². The van der Waals surface area contributed by atoms with E-state index in [-0.39, 0.29) is 6.04 Å². The molecule has 0 amide bonds. The summed E-state index contributed by atoms with van der Waals surface area (Å²) in [7, 11) is 3.29. The van der Waals surface area contributed by atoms with Crippen molar-refractivity contribution in [3.8, 4) is 11.5 Å². The summed E-state index contributed by atoms with van der Waals surface area (Å²) >= 11 is 0. The molecule has 0 saturated heterocycles. The van der Waals surface area contributed by atoms with Crippen LogP contribution in [0.3, 0.4) is 0 Å². The number of methoxy groups -OCH3 is 2. The number of rotatable bonds is 6. The average Bonchev–Trinajstić information content (AvgIpc) is 2.52. The first kappa shape index (κ1) is 14.4. The molecule has 0 spiro atoms. The van der Waals surface area contributed by atoms with E-state index in [0.717, 1.165) is 29.9 Å². The Morgan fingerprint density at radius 3 is 2.10 bits per heavy atom. The second kappa shape index (κ2) is 6.96.